The zero-order valence-electron chi connectivity index (χ0n) is 6.93. The molecule has 0 bridgehead atoms. The SMILES string of the molecule is CN=C(N)C1=C(N)CCCC1. The Kier molecular flexibility index (Phi) is 2.52. The molecule has 1 rings (SSSR count). The molecule has 0 spiro atoms. The number of aliphatic imine (C=N–C) groups is 1. The number of amidine groups is 1. The first kappa shape index (κ1) is 8.11. The van der Waals surface area contributed by atoms with Crippen molar-refractivity contribution >= 4 is 5.84 Å². The summed E-state index contributed by atoms with van der Waals surface area (Å²) in [5.41, 5.74) is 13.4. The van der Waals surface area contributed by atoms with Gasteiger partial charge in [0.1, 0.15) is 5.84 Å². The molecule has 0 unspecified atom stereocenters. The van der Waals surface area contributed by atoms with Crippen LogP contribution in [0.25, 0.3) is 0 Å². The molecule has 3 nitrogen and oxygen atoms in total. The van der Waals surface area contributed by atoms with Crippen molar-refractivity contribution in [2.75, 3.05) is 7.05 Å². The zero-order chi connectivity index (χ0) is 8.27. The number of nitrogens with zero attached hydrogens (tertiary/aromatic N) is 1. The summed E-state index contributed by atoms with van der Waals surface area (Å²) >= 11 is 0. The lowest BCUT2D eigenvalue weighted by Crippen LogP contribution is -2.21. The van der Waals surface area contributed by atoms with Crippen molar-refractivity contribution in [2.24, 2.45) is 16.5 Å². The highest BCUT2D eigenvalue weighted by atomic mass is 14.8. The Morgan fingerprint density at radius 1 is 1.36 bits per heavy atom. The smallest absolute Gasteiger partial charge is 0.122 e. The van der Waals surface area contributed by atoms with Crippen LogP contribution in [-0.2, 0) is 0 Å². The third kappa shape index (κ3) is 1.73. The van der Waals surface area contributed by atoms with E-state index in [1.165, 1.54) is 12.8 Å². The van der Waals surface area contributed by atoms with Crippen molar-refractivity contribution in [1.29, 1.82) is 0 Å². The number of rotatable bonds is 1. The van der Waals surface area contributed by atoms with Crippen molar-refractivity contribution in [1.82, 2.24) is 0 Å². The predicted octanol–water partition coefficient (Wildman–Crippen LogP) is 0.760. The molecule has 11 heavy (non-hydrogen) atoms. The fraction of sp³-hybridized carbons (Fsp3) is 0.625. The minimum absolute atomic E-state index is 0.613. The molecule has 0 aliphatic heterocycles. The molecule has 0 amide bonds. The fourth-order valence-corrected chi connectivity index (χ4v) is 1.36. The maximum atomic E-state index is 5.77. The summed E-state index contributed by atoms with van der Waals surface area (Å²) in [5.74, 6) is 0.613. The molecule has 62 valence electrons. The molecule has 3 heteroatoms. The minimum Gasteiger partial charge on any atom is -0.402 e. The first-order chi connectivity index (χ1) is 5.25. The van der Waals surface area contributed by atoms with Crippen LogP contribution in [0.5, 0.6) is 0 Å². The van der Waals surface area contributed by atoms with Crippen LogP contribution in [0.15, 0.2) is 16.3 Å². The summed E-state index contributed by atoms with van der Waals surface area (Å²) in [6.07, 6.45) is 4.35. The maximum absolute atomic E-state index is 5.77. The van der Waals surface area contributed by atoms with E-state index in [2.05, 4.69) is 4.99 Å². The average molecular weight is 153 g/mol. The quantitative estimate of drug-likeness (QED) is 0.431. The Bertz CT molecular complexity index is 203. The van der Waals surface area contributed by atoms with E-state index >= 15 is 0 Å². The molecule has 1 aliphatic rings. The zero-order valence-corrected chi connectivity index (χ0v) is 6.93. The van der Waals surface area contributed by atoms with Gasteiger partial charge in [-0.1, -0.05) is 0 Å². The highest BCUT2D eigenvalue weighted by Crippen LogP contribution is 2.20. The molecular formula is C8H15N3. The van der Waals surface area contributed by atoms with E-state index < -0.39 is 0 Å². The number of allylic oxidation sites excluding steroid dienone is 1. The van der Waals surface area contributed by atoms with E-state index in [0.29, 0.717) is 5.84 Å². The van der Waals surface area contributed by atoms with Gasteiger partial charge in [0.2, 0.25) is 0 Å². The second-order valence-electron chi connectivity index (χ2n) is 2.82. The highest BCUT2D eigenvalue weighted by Gasteiger charge is 2.11. The van der Waals surface area contributed by atoms with Crippen molar-refractivity contribution in [2.45, 2.75) is 25.7 Å². The molecule has 0 aromatic rings. The van der Waals surface area contributed by atoms with E-state index in [4.69, 9.17) is 11.5 Å². The third-order valence-electron chi connectivity index (χ3n) is 2.06. The van der Waals surface area contributed by atoms with Gasteiger partial charge >= 0.3 is 0 Å². The monoisotopic (exact) mass is 153 g/mol. The molecule has 4 N–H and O–H groups in total. The summed E-state index contributed by atoms with van der Waals surface area (Å²) in [6, 6.07) is 0. The Morgan fingerprint density at radius 3 is 2.55 bits per heavy atom. The summed E-state index contributed by atoms with van der Waals surface area (Å²) in [6.45, 7) is 0. The molecule has 0 heterocycles. The summed E-state index contributed by atoms with van der Waals surface area (Å²) in [4.78, 5) is 3.92. The summed E-state index contributed by atoms with van der Waals surface area (Å²) < 4.78 is 0. The van der Waals surface area contributed by atoms with Crippen LogP contribution in [0.4, 0.5) is 0 Å². The Balaban J connectivity index is 2.82. The first-order valence-corrected chi connectivity index (χ1v) is 3.96. The van der Waals surface area contributed by atoms with Gasteiger partial charge in [0.05, 0.1) is 0 Å². The lowest BCUT2D eigenvalue weighted by atomic mass is 9.96. The number of hydrogen-bond acceptors (Lipinski definition) is 2. The molecule has 1 aliphatic carbocycles. The van der Waals surface area contributed by atoms with Gasteiger partial charge in [-0.2, -0.15) is 0 Å². The van der Waals surface area contributed by atoms with Crippen LogP contribution in [0.3, 0.4) is 0 Å². The van der Waals surface area contributed by atoms with E-state index in [1.54, 1.807) is 7.05 Å². The van der Waals surface area contributed by atoms with Crippen LogP contribution < -0.4 is 11.5 Å². The van der Waals surface area contributed by atoms with E-state index in [0.717, 1.165) is 24.1 Å². The fourth-order valence-electron chi connectivity index (χ4n) is 1.36. The van der Waals surface area contributed by atoms with Crippen LogP contribution in [0.1, 0.15) is 25.7 Å². The second-order valence-corrected chi connectivity index (χ2v) is 2.82. The molecule has 0 fully saturated rings. The first-order valence-electron chi connectivity index (χ1n) is 3.96. The van der Waals surface area contributed by atoms with Gasteiger partial charge in [0.25, 0.3) is 0 Å². The van der Waals surface area contributed by atoms with Crippen molar-refractivity contribution in [3.05, 3.63) is 11.3 Å². The largest absolute Gasteiger partial charge is 0.402 e. The topological polar surface area (TPSA) is 64.4 Å². The molecule has 0 radical (unpaired) electrons. The molecular weight excluding hydrogens is 138 g/mol. The van der Waals surface area contributed by atoms with Crippen LogP contribution in [0, 0.1) is 0 Å². The number of hydrogen-bond donors (Lipinski definition) is 2. The van der Waals surface area contributed by atoms with Crippen LogP contribution >= 0.6 is 0 Å². The standard InChI is InChI=1S/C8H15N3/c1-11-8(10)6-4-2-3-5-7(6)9/h2-5,9H2,1H3,(H2,10,11). The molecule has 0 atom stereocenters. The molecule has 0 aromatic carbocycles. The number of nitrogens with two attached hydrogens (primary N) is 2. The lowest BCUT2D eigenvalue weighted by molar-refractivity contribution is 0.681. The molecule has 0 saturated carbocycles. The Hall–Kier alpha value is -0.990. The van der Waals surface area contributed by atoms with Gasteiger partial charge in [0, 0.05) is 18.3 Å². The van der Waals surface area contributed by atoms with Gasteiger partial charge in [-0.25, -0.2) is 0 Å². The van der Waals surface area contributed by atoms with Crippen LogP contribution in [-0.4, -0.2) is 12.9 Å². The van der Waals surface area contributed by atoms with E-state index in [-0.39, 0.29) is 0 Å². The maximum Gasteiger partial charge on any atom is 0.122 e. The lowest BCUT2D eigenvalue weighted by Gasteiger charge is -2.16. The second kappa shape index (κ2) is 3.42. The van der Waals surface area contributed by atoms with Crippen molar-refractivity contribution in [3.63, 3.8) is 0 Å². The van der Waals surface area contributed by atoms with Gasteiger partial charge in [-0.05, 0) is 25.7 Å². The summed E-state index contributed by atoms with van der Waals surface area (Å²) in [7, 11) is 1.70. The molecule has 0 aromatic heterocycles. The Labute approximate surface area is 67.2 Å². The normalized spacial score (nSPS) is 20.6. The van der Waals surface area contributed by atoms with Crippen molar-refractivity contribution in [3.8, 4) is 0 Å². The van der Waals surface area contributed by atoms with Crippen molar-refractivity contribution < 1.29 is 0 Å². The minimum atomic E-state index is 0.613. The molecule has 0 saturated heterocycles. The highest BCUT2D eigenvalue weighted by molar-refractivity contribution is 5.97. The van der Waals surface area contributed by atoms with Gasteiger partial charge < -0.3 is 11.5 Å². The predicted molar refractivity (Wildman–Crippen MR) is 47.2 cm³/mol. The van der Waals surface area contributed by atoms with Gasteiger partial charge in [-0.15, -0.1) is 0 Å². The van der Waals surface area contributed by atoms with Crippen LogP contribution in [0.2, 0.25) is 0 Å². The average Bonchev–Trinajstić information content (AvgIpc) is 2.04. The van der Waals surface area contributed by atoms with Gasteiger partial charge in [0.15, 0.2) is 0 Å². The van der Waals surface area contributed by atoms with E-state index in [1.807, 2.05) is 0 Å². The summed E-state index contributed by atoms with van der Waals surface area (Å²) in [5, 5.41) is 0. The third-order valence-corrected chi connectivity index (χ3v) is 2.06. The van der Waals surface area contributed by atoms with E-state index in [9.17, 15) is 0 Å². The Morgan fingerprint density at radius 2 is 2.00 bits per heavy atom. The van der Waals surface area contributed by atoms with Gasteiger partial charge in [-0.3, -0.25) is 4.99 Å².